The molecule has 3 aromatic rings. The number of anilines is 3. The van der Waals surface area contributed by atoms with E-state index in [1.54, 1.807) is 7.11 Å². The smallest absolute Gasteiger partial charge is 0.407 e. The molecule has 202 valence electrons. The quantitative estimate of drug-likeness (QED) is 0.312. The number of halogens is 1. The van der Waals surface area contributed by atoms with Crippen LogP contribution in [-0.4, -0.2) is 80.0 Å². The summed E-state index contributed by atoms with van der Waals surface area (Å²) in [4.78, 5) is 34.3. The lowest BCUT2D eigenvalue weighted by Crippen LogP contribution is -2.44. The van der Waals surface area contributed by atoms with Crippen LogP contribution in [0.4, 0.5) is 26.4 Å². The highest BCUT2D eigenvalue weighted by Crippen LogP contribution is 2.30. The number of nitrogens with one attached hydrogen (secondary N) is 3. The molecule has 0 atom stereocenters. The summed E-state index contributed by atoms with van der Waals surface area (Å²) in [5.41, 5.74) is 1.44. The Kier molecular flexibility index (Phi) is 7.54. The molecule has 2 amide bonds. The molecule has 4 N–H and O–H groups in total. The molecule has 0 saturated heterocycles. The molecular weight excluding hydrogens is 495 g/mol. The molecule has 0 bridgehead atoms. The minimum Gasteiger partial charge on any atom is -0.465 e. The molecule has 13 heteroatoms. The average molecular weight is 527 g/mol. The molecule has 12 nitrogen and oxygen atoms in total. The maximum atomic E-state index is 14.1. The molecule has 0 spiro atoms. The molecule has 2 fully saturated rings. The number of carbonyl (C=O) groups excluding carboxylic acids is 1. The number of pyridine rings is 1. The van der Waals surface area contributed by atoms with E-state index < -0.39 is 17.8 Å². The van der Waals surface area contributed by atoms with Gasteiger partial charge in [0.05, 0.1) is 30.4 Å². The van der Waals surface area contributed by atoms with Gasteiger partial charge in [0.15, 0.2) is 17.2 Å². The number of carbonyl (C=O) groups is 2. The largest absolute Gasteiger partial charge is 0.465 e. The highest BCUT2D eigenvalue weighted by molar-refractivity contribution is 6.03. The fraction of sp³-hybridized carbons (Fsp3) is 0.480. The third-order valence-corrected chi connectivity index (χ3v) is 6.93. The van der Waals surface area contributed by atoms with Gasteiger partial charge in [0.1, 0.15) is 5.82 Å². The molecule has 3 aromatic heterocycles. The van der Waals surface area contributed by atoms with Crippen molar-refractivity contribution in [3.8, 4) is 0 Å². The zero-order valence-electron chi connectivity index (χ0n) is 21.1. The van der Waals surface area contributed by atoms with Crippen LogP contribution >= 0.6 is 0 Å². The van der Waals surface area contributed by atoms with Gasteiger partial charge in [-0.2, -0.15) is 0 Å². The second kappa shape index (κ2) is 11.2. The number of hydrogen-bond acceptors (Lipinski definition) is 8. The Balaban J connectivity index is 1.33. The van der Waals surface area contributed by atoms with E-state index in [0.717, 1.165) is 50.4 Å². The first-order chi connectivity index (χ1) is 18.4. The zero-order valence-corrected chi connectivity index (χ0v) is 21.1. The number of nitrogens with zero attached hydrogens (tertiary/aromatic N) is 5. The molecule has 38 heavy (non-hydrogen) atoms. The standard InChI is InChI=1S/C25H31FN8O4/c1-38-11-10-33(25(36)37)17-6-4-16(5-7-17)30-22-12-20(29-15-2-3-15)23-28-14-21(34(23)32-22)24(35)31-19-8-9-27-13-18(19)26/h8-9,12-17,29H,2-7,10-11H2,1H3,(H,30,32)(H,36,37)(H,27,31,35)/t16-,17-. The Morgan fingerprint density at radius 3 is 2.55 bits per heavy atom. The Bertz CT molecular complexity index is 1310. The lowest BCUT2D eigenvalue weighted by atomic mass is 9.90. The number of aromatic nitrogens is 4. The van der Waals surface area contributed by atoms with E-state index in [9.17, 15) is 19.1 Å². The molecule has 0 aromatic carbocycles. The number of imidazole rings is 1. The molecule has 2 saturated carbocycles. The molecular formula is C25H31FN8O4. The van der Waals surface area contributed by atoms with Gasteiger partial charge >= 0.3 is 6.09 Å². The minimum absolute atomic E-state index is 0.0169. The van der Waals surface area contributed by atoms with Crippen molar-refractivity contribution in [1.82, 2.24) is 24.5 Å². The third-order valence-electron chi connectivity index (χ3n) is 6.93. The first-order valence-corrected chi connectivity index (χ1v) is 12.7. The first-order valence-electron chi connectivity index (χ1n) is 12.7. The maximum Gasteiger partial charge on any atom is 0.407 e. The predicted octanol–water partition coefficient (Wildman–Crippen LogP) is 3.44. The Hall–Kier alpha value is -4.00. The minimum atomic E-state index is -0.932. The third kappa shape index (κ3) is 5.77. The fourth-order valence-corrected chi connectivity index (χ4v) is 4.78. The Morgan fingerprint density at radius 1 is 1.13 bits per heavy atom. The van der Waals surface area contributed by atoms with E-state index in [0.29, 0.717) is 30.7 Å². The normalized spacial score (nSPS) is 19.2. The maximum absolute atomic E-state index is 14.1. The van der Waals surface area contributed by atoms with Crippen LogP contribution in [0.15, 0.2) is 30.7 Å². The van der Waals surface area contributed by atoms with Crippen LogP contribution in [0.2, 0.25) is 0 Å². The number of amides is 2. The summed E-state index contributed by atoms with van der Waals surface area (Å²) in [5, 5.41) is 23.7. The van der Waals surface area contributed by atoms with Crippen LogP contribution < -0.4 is 16.0 Å². The van der Waals surface area contributed by atoms with Crippen LogP contribution in [-0.2, 0) is 4.74 Å². The average Bonchev–Trinajstić information content (AvgIpc) is 3.61. The highest BCUT2D eigenvalue weighted by Gasteiger charge is 2.29. The van der Waals surface area contributed by atoms with E-state index >= 15 is 0 Å². The lowest BCUT2D eigenvalue weighted by molar-refractivity contribution is 0.0854. The first kappa shape index (κ1) is 25.6. The molecule has 2 aliphatic carbocycles. The molecule has 0 radical (unpaired) electrons. The van der Waals surface area contributed by atoms with E-state index in [1.165, 1.54) is 27.9 Å². The molecule has 5 rings (SSSR count). The summed E-state index contributed by atoms with van der Waals surface area (Å²) >= 11 is 0. The SMILES string of the molecule is COCCN(C(=O)O)[C@H]1CC[C@H](Nc2cc(NC3CC3)c3ncc(C(=O)Nc4ccncc4F)n3n2)CC1. The van der Waals surface area contributed by atoms with Crippen LogP contribution in [0.3, 0.4) is 0 Å². The molecule has 0 aliphatic heterocycles. The van der Waals surface area contributed by atoms with Crippen molar-refractivity contribution in [3.05, 3.63) is 42.2 Å². The van der Waals surface area contributed by atoms with Crippen molar-refractivity contribution in [1.29, 1.82) is 0 Å². The summed E-state index contributed by atoms with van der Waals surface area (Å²) in [7, 11) is 1.56. The van der Waals surface area contributed by atoms with Gasteiger partial charge in [0, 0.05) is 44.0 Å². The van der Waals surface area contributed by atoms with E-state index in [-0.39, 0.29) is 23.5 Å². The van der Waals surface area contributed by atoms with E-state index in [4.69, 9.17) is 4.74 Å². The van der Waals surface area contributed by atoms with Crippen molar-refractivity contribution in [3.63, 3.8) is 0 Å². The predicted molar refractivity (Wildman–Crippen MR) is 138 cm³/mol. The Morgan fingerprint density at radius 2 is 1.87 bits per heavy atom. The van der Waals surface area contributed by atoms with Crippen molar-refractivity contribution < 1.29 is 23.8 Å². The van der Waals surface area contributed by atoms with Crippen molar-refractivity contribution in [2.75, 3.05) is 36.2 Å². The number of fused-ring (bicyclic) bond motifs is 1. The van der Waals surface area contributed by atoms with Crippen molar-refractivity contribution in [2.24, 2.45) is 0 Å². The van der Waals surface area contributed by atoms with Gasteiger partial charge in [-0.25, -0.2) is 18.7 Å². The summed E-state index contributed by atoms with van der Waals surface area (Å²) in [6, 6.07) is 3.65. The summed E-state index contributed by atoms with van der Waals surface area (Å²) < 4.78 is 20.6. The highest BCUT2D eigenvalue weighted by atomic mass is 19.1. The van der Waals surface area contributed by atoms with Crippen molar-refractivity contribution >= 4 is 34.8 Å². The topological polar surface area (TPSA) is 146 Å². The van der Waals surface area contributed by atoms with E-state index in [1.807, 2.05) is 6.07 Å². The Labute approximate surface area is 218 Å². The van der Waals surface area contributed by atoms with Crippen LogP contribution in [0.25, 0.3) is 5.65 Å². The monoisotopic (exact) mass is 526 g/mol. The van der Waals surface area contributed by atoms with Gasteiger partial charge in [-0.05, 0) is 44.6 Å². The van der Waals surface area contributed by atoms with Crippen LogP contribution in [0.1, 0.15) is 49.0 Å². The van der Waals surface area contributed by atoms with Gasteiger partial charge in [-0.15, -0.1) is 5.10 Å². The van der Waals surface area contributed by atoms with Gasteiger partial charge in [0.2, 0.25) is 0 Å². The van der Waals surface area contributed by atoms with Crippen LogP contribution in [0.5, 0.6) is 0 Å². The summed E-state index contributed by atoms with van der Waals surface area (Å²) in [5.74, 6) is -0.615. The number of carboxylic acid groups (broad SMARTS) is 1. The number of methoxy groups -OCH3 is 1. The second-order valence-electron chi connectivity index (χ2n) is 9.67. The second-order valence-corrected chi connectivity index (χ2v) is 9.67. The molecule has 0 unspecified atom stereocenters. The number of rotatable bonds is 10. The van der Waals surface area contributed by atoms with Gasteiger partial charge in [0.25, 0.3) is 5.91 Å². The van der Waals surface area contributed by atoms with Gasteiger partial charge < -0.3 is 30.7 Å². The van der Waals surface area contributed by atoms with Crippen molar-refractivity contribution in [2.45, 2.75) is 56.7 Å². The number of hydrogen-bond donors (Lipinski definition) is 4. The van der Waals surface area contributed by atoms with E-state index in [2.05, 4.69) is 31.0 Å². The fourth-order valence-electron chi connectivity index (χ4n) is 4.78. The van der Waals surface area contributed by atoms with Crippen LogP contribution in [0, 0.1) is 5.82 Å². The summed E-state index contributed by atoms with van der Waals surface area (Å²) in [6.45, 7) is 0.706. The van der Waals surface area contributed by atoms with Gasteiger partial charge in [-0.3, -0.25) is 9.78 Å². The molecule has 2 aliphatic rings. The lowest BCUT2D eigenvalue weighted by Gasteiger charge is -2.35. The number of ether oxygens (including phenoxy) is 1. The summed E-state index contributed by atoms with van der Waals surface area (Å²) in [6.07, 6.45) is 8.01. The zero-order chi connectivity index (χ0) is 26.6. The molecule has 3 heterocycles. The van der Waals surface area contributed by atoms with Gasteiger partial charge in [-0.1, -0.05) is 0 Å².